The first-order chi connectivity index (χ1) is 8.27. The number of carbonyl (C=O) groups excluding carboxylic acids is 1. The molecule has 17 heavy (non-hydrogen) atoms. The highest BCUT2D eigenvalue weighted by molar-refractivity contribution is 5.78. The van der Waals surface area contributed by atoms with Gasteiger partial charge in [-0.2, -0.15) is 0 Å². The average Bonchev–Trinajstić information content (AvgIpc) is 2.41. The Hall–Kier alpha value is -2.13. The summed E-state index contributed by atoms with van der Waals surface area (Å²) < 4.78 is 0. The molecule has 0 unspecified atom stereocenters. The third kappa shape index (κ3) is 4.49. The van der Waals surface area contributed by atoms with E-state index in [0.29, 0.717) is 11.8 Å². The summed E-state index contributed by atoms with van der Waals surface area (Å²) in [5.41, 5.74) is 1.30. The van der Waals surface area contributed by atoms with Crippen LogP contribution in [0.2, 0.25) is 0 Å². The number of hydrogen-bond donors (Lipinski definition) is 2. The van der Waals surface area contributed by atoms with E-state index in [4.69, 9.17) is 10.2 Å². The number of aliphatic hydroxyl groups is 1. The first-order valence-electron chi connectivity index (χ1n) is 5.16. The molecule has 0 heterocycles. The quantitative estimate of drug-likeness (QED) is 0.779. The molecule has 0 bridgehead atoms. The molecule has 0 atom stereocenters. The van der Waals surface area contributed by atoms with Crippen molar-refractivity contribution in [3.63, 3.8) is 0 Å². The molecule has 0 radical (unpaired) electrons. The zero-order valence-electron chi connectivity index (χ0n) is 9.28. The third-order valence-corrected chi connectivity index (χ3v) is 2.09. The standard InChI is InChI=1S/C7H6O2.C7H8O/c8-5-6-3-1-2-4-7(6)9;8-6-7-4-2-1-3-5-7/h1-5,9H;1-5,8H,6H2. The lowest BCUT2D eigenvalue weighted by molar-refractivity contribution is 0.112. The van der Waals surface area contributed by atoms with Crippen molar-refractivity contribution < 1.29 is 15.0 Å². The Morgan fingerprint density at radius 1 is 0.941 bits per heavy atom. The highest BCUT2D eigenvalue weighted by atomic mass is 16.3. The Morgan fingerprint density at radius 2 is 1.53 bits per heavy atom. The van der Waals surface area contributed by atoms with Crippen molar-refractivity contribution >= 4 is 6.29 Å². The molecular weight excluding hydrogens is 216 g/mol. The smallest absolute Gasteiger partial charge is 0.153 e. The van der Waals surface area contributed by atoms with Gasteiger partial charge in [0.2, 0.25) is 0 Å². The predicted octanol–water partition coefficient (Wildman–Crippen LogP) is 2.38. The van der Waals surface area contributed by atoms with Crippen LogP contribution >= 0.6 is 0 Å². The molecule has 0 fully saturated rings. The van der Waals surface area contributed by atoms with Gasteiger partial charge in [-0.25, -0.2) is 0 Å². The van der Waals surface area contributed by atoms with E-state index in [-0.39, 0.29) is 12.4 Å². The number of benzene rings is 2. The van der Waals surface area contributed by atoms with Crippen LogP contribution in [-0.4, -0.2) is 16.5 Å². The zero-order valence-corrected chi connectivity index (χ0v) is 9.28. The van der Waals surface area contributed by atoms with Crippen molar-refractivity contribution in [3.8, 4) is 5.75 Å². The van der Waals surface area contributed by atoms with Crippen LogP contribution in [-0.2, 0) is 6.61 Å². The van der Waals surface area contributed by atoms with Crippen molar-refractivity contribution in [2.24, 2.45) is 0 Å². The number of hydrogen-bond acceptors (Lipinski definition) is 3. The van der Waals surface area contributed by atoms with Gasteiger partial charge in [0, 0.05) is 0 Å². The van der Waals surface area contributed by atoms with Crippen LogP contribution in [0.3, 0.4) is 0 Å². The Bertz CT molecular complexity index is 452. The van der Waals surface area contributed by atoms with E-state index >= 15 is 0 Å². The van der Waals surface area contributed by atoms with E-state index in [0.717, 1.165) is 5.56 Å². The van der Waals surface area contributed by atoms with E-state index in [1.165, 1.54) is 6.07 Å². The lowest BCUT2D eigenvalue weighted by atomic mass is 10.2. The summed E-state index contributed by atoms with van der Waals surface area (Å²) in [7, 11) is 0. The predicted molar refractivity (Wildman–Crippen MR) is 65.9 cm³/mol. The zero-order chi connectivity index (χ0) is 12.5. The van der Waals surface area contributed by atoms with Crippen molar-refractivity contribution in [1.29, 1.82) is 0 Å². The van der Waals surface area contributed by atoms with E-state index in [1.807, 2.05) is 30.3 Å². The molecule has 0 saturated heterocycles. The number of rotatable bonds is 2. The molecule has 0 aliphatic heterocycles. The van der Waals surface area contributed by atoms with Crippen LogP contribution in [0.5, 0.6) is 5.75 Å². The summed E-state index contributed by atoms with van der Waals surface area (Å²) >= 11 is 0. The second kappa shape index (κ2) is 7.19. The molecule has 2 aromatic rings. The van der Waals surface area contributed by atoms with Gasteiger partial charge in [0.1, 0.15) is 5.75 Å². The van der Waals surface area contributed by atoms with Crippen LogP contribution in [0.25, 0.3) is 0 Å². The first kappa shape index (κ1) is 12.9. The van der Waals surface area contributed by atoms with Crippen LogP contribution in [0, 0.1) is 0 Å². The molecule has 3 nitrogen and oxygen atoms in total. The van der Waals surface area contributed by atoms with Crippen molar-refractivity contribution in [3.05, 3.63) is 65.7 Å². The average molecular weight is 230 g/mol. The topological polar surface area (TPSA) is 57.5 Å². The van der Waals surface area contributed by atoms with Crippen molar-refractivity contribution in [2.75, 3.05) is 0 Å². The summed E-state index contributed by atoms with van der Waals surface area (Å²) in [5, 5.41) is 17.4. The van der Waals surface area contributed by atoms with E-state index in [2.05, 4.69) is 0 Å². The van der Waals surface area contributed by atoms with Gasteiger partial charge in [-0.05, 0) is 17.7 Å². The maximum atomic E-state index is 10.1. The maximum absolute atomic E-state index is 10.1. The van der Waals surface area contributed by atoms with Gasteiger partial charge in [-0.3, -0.25) is 4.79 Å². The van der Waals surface area contributed by atoms with Gasteiger partial charge in [0.05, 0.1) is 12.2 Å². The Morgan fingerprint density at radius 3 is 1.94 bits per heavy atom. The Labute approximate surface area is 100.0 Å². The first-order valence-corrected chi connectivity index (χ1v) is 5.16. The fraction of sp³-hybridized carbons (Fsp3) is 0.0714. The lowest BCUT2D eigenvalue weighted by Gasteiger charge is -1.91. The van der Waals surface area contributed by atoms with Gasteiger partial charge in [0.25, 0.3) is 0 Å². The molecule has 0 saturated carbocycles. The van der Waals surface area contributed by atoms with Gasteiger partial charge >= 0.3 is 0 Å². The molecule has 0 aromatic heterocycles. The number of phenolic OH excluding ortho intramolecular Hbond substituents is 1. The summed E-state index contributed by atoms with van der Waals surface area (Å²) in [6.07, 6.45) is 0.620. The van der Waals surface area contributed by atoms with Gasteiger partial charge in [-0.1, -0.05) is 42.5 Å². The normalized spacial score (nSPS) is 9.00. The van der Waals surface area contributed by atoms with Gasteiger partial charge < -0.3 is 10.2 Å². The number of phenols is 1. The van der Waals surface area contributed by atoms with Crippen LogP contribution in [0.15, 0.2) is 54.6 Å². The van der Waals surface area contributed by atoms with Crippen LogP contribution in [0.4, 0.5) is 0 Å². The summed E-state index contributed by atoms with van der Waals surface area (Å²) in [6, 6.07) is 15.9. The third-order valence-electron chi connectivity index (χ3n) is 2.09. The van der Waals surface area contributed by atoms with E-state index < -0.39 is 0 Å². The van der Waals surface area contributed by atoms with Gasteiger partial charge in [-0.15, -0.1) is 0 Å². The maximum Gasteiger partial charge on any atom is 0.153 e. The number of carbonyl (C=O) groups is 1. The minimum atomic E-state index is 0.0347. The minimum Gasteiger partial charge on any atom is -0.507 e. The number of aromatic hydroxyl groups is 1. The van der Waals surface area contributed by atoms with Crippen molar-refractivity contribution in [1.82, 2.24) is 0 Å². The molecular formula is C14H14O3. The minimum absolute atomic E-state index is 0.0347. The molecule has 2 rings (SSSR count). The van der Waals surface area contributed by atoms with Crippen molar-refractivity contribution in [2.45, 2.75) is 6.61 Å². The summed E-state index contributed by atoms with van der Waals surface area (Å²) in [4.78, 5) is 10.1. The highest BCUT2D eigenvalue weighted by Gasteiger charge is 1.93. The molecule has 88 valence electrons. The molecule has 0 amide bonds. The number of para-hydroxylation sites is 1. The fourth-order valence-electron chi connectivity index (χ4n) is 1.17. The lowest BCUT2D eigenvalue weighted by Crippen LogP contribution is -1.77. The number of aliphatic hydroxyl groups excluding tert-OH is 1. The second-order valence-corrected chi connectivity index (χ2v) is 3.32. The molecule has 0 aliphatic rings. The molecule has 2 aromatic carbocycles. The second-order valence-electron chi connectivity index (χ2n) is 3.32. The van der Waals surface area contributed by atoms with Crippen LogP contribution < -0.4 is 0 Å². The molecule has 2 N–H and O–H groups in total. The molecule has 0 spiro atoms. The monoisotopic (exact) mass is 230 g/mol. The Balaban J connectivity index is 0.000000171. The van der Waals surface area contributed by atoms with Gasteiger partial charge in [0.15, 0.2) is 6.29 Å². The molecule has 0 aliphatic carbocycles. The Kier molecular flexibility index (Phi) is 5.47. The van der Waals surface area contributed by atoms with Crippen LogP contribution in [0.1, 0.15) is 15.9 Å². The number of aldehydes is 1. The SMILES string of the molecule is O=Cc1ccccc1O.OCc1ccccc1. The fourth-order valence-corrected chi connectivity index (χ4v) is 1.17. The summed E-state index contributed by atoms with van der Waals surface area (Å²) in [6.45, 7) is 0.140. The largest absolute Gasteiger partial charge is 0.507 e. The highest BCUT2D eigenvalue weighted by Crippen LogP contribution is 2.11. The van der Waals surface area contributed by atoms with E-state index in [1.54, 1.807) is 18.2 Å². The molecule has 3 heteroatoms. The van der Waals surface area contributed by atoms with E-state index in [9.17, 15) is 4.79 Å². The summed E-state index contributed by atoms with van der Waals surface area (Å²) in [5.74, 6) is 0.0347.